The van der Waals surface area contributed by atoms with E-state index in [-0.39, 0.29) is 11.8 Å². The Morgan fingerprint density at radius 2 is 2.29 bits per heavy atom. The van der Waals surface area contributed by atoms with Crippen LogP contribution in [0.2, 0.25) is 0 Å². The molecule has 1 aromatic carbocycles. The monoisotopic (exact) mass is 234 g/mol. The molecule has 0 radical (unpaired) electrons. The molecule has 4 nitrogen and oxygen atoms in total. The SMILES string of the molecule is NCCOc1cccc(NC(=O)C2CCC2)c1. The predicted octanol–water partition coefficient (Wildman–Crippen LogP) is 1.76. The number of hydrogen-bond donors (Lipinski definition) is 2. The number of nitrogens with one attached hydrogen (secondary N) is 1. The van der Waals surface area contributed by atoms with Crippen LogP contribution >= 0.6 is 0 Å². The van der Waals surface area contributed by atoms with Crippen LogP contribution in [0.25, 0.3) is 0 Å². The molecule has 0 bridgehead atoms. The summed E-state index contributed by atoms with van der Waals surface area (Å²) in [6.45, 7) is 0.971. The zero-order chi connectivity index (χ0) is 12.1. The third kappa shape index (κ3) is 3.20. The highest BCUT2D eigenvalue weighted by Gasteiger charge is 2.25. The second-order valence-corrected chi connectivity index (χ2v) is 4.28. The molecule has 0 saturated heterocycles. The van der Waals surface area contributed by atoms with Crippen LogP contribution in [0.15, 0.2) is 24.3 Å². The first-order valence-electron chi connectivity index (χ1n) is 6.03. The zero-order valence-corrected chi connectivity index (χ0v) is 9.82. The maximum Gasteiger partial charge on any atom is 0.227 e. The maximum absolute atomic E-state index is 11.7. The number of amides is 1. The molecule has 0 aromatic heterocycles. The number of rotatable bonds is 5. The van der Waals surface area contributed by atoms with E-state index in [9.17, 15) is 4.79 Å². The van der Waals surface area contributed by atoms with Crippen LogP contribution in [0, 0.1) is 5.92 Å². The second-order valence-electron chi connectivity index (χ2n) is 4.28. The Morgan fingerprint density at radius 1 is 1.47 bits per heavy atom. The lowest BCUT2D eigenvalue weighted by atomic mass is 9.85. The molecule has 1 fully saturated rings. The van der Waals surface area contributed by atoms with Crippen molar-refractivity contribution in [2.75, 3.05) is 18.5 Å². The standard InChI is InChI=1S/C13H18N2O2/c14-7-8-17-12-6-2-5-11(9-12)15-13(16)10-3-1-4-10/h2,5-6,9-10H,1,3-4,7-8,14H2,(H,15,16). The largest absolute Gasteiger partial charge is 0.492 e. The summed E-state index contributed by atoms with van der Waals surface area (Å²) in [5, 5.41) is 2.91. The summed E-state index contributed by atoms with van der Waals surface area (Å²) >= 11 is 0. The summed E-state index contributed by atoms with van der Waals surface area (Å²) in [7, 11) is 0. The Labute approximate surface area is 101 Å². The molecule has 1 aromatic rings. The molecule has 1 amide bonds. The lowest BCUT2D eigenvalue weighted by Gasteiger charge is -2.24. The molecule has 2 rings (SSSR count). The molecule has 0 spiro atoms. The minimum atomic E-state index is 0.118. The molecule has 0 aliphatic heterocycles. The van der Waals surface area contributed by atoms with E-state index in [1.165, 1.54) is 0 Å². The number of carbonyl (C=O) groups excluding carboxylic acids is 1. The normalized spacial score (nSPS) is 15.1. The van der Waals surface area contributed by atoms with Crippen LogP contribution in [-0.4, -0.2) is 19.1 Å². The van der Waals surface area contributed by atoms with Crippen LogP contribution in [-0.2, 0) is 4.79 Å². The fraction of sp³-hybridized carbons (Fsp3) is 0.462. The van der Waals surface area contributed by atoms with Crippen LogP contribution in [0.5, 0.6) is 5.75 Å². The van der Waals surface area contributed by atoms with Crippen molar-refractivity contribution in [2.24, 2.45) is 11.7 Å². The summed E-state index contributed by atoms with van der Waals surface area (Å²) in [5.74, 6) is 1.05. The fourth-order valence-corrected chi connectivity index (χ4v) is 1.76. The number of hydrogen-bond acceptors (Lipinski definition) is 3. The van der Waals surface area contributed by atoms with Crippen molar-refractivity contribution in [1.29, 1.82) is 0 Å². The Kier molecular flexibility index (Phi) is 3.98. The summed E-state index contributed by atoms with van der Waals surface area (Å²) in [6.07, 6.45) is 3.18. The van der Waals surface area contributed by atoms with Crippen molar-refractivity contribution in [1.82, 2.24) is 0 Å². The minimum absolute atomic E-state index is 0.118. The maximum atomic E-state index is 11.7. The van der Waals surface area contributed by atoms with E-state index in [1.54, 1.807) is 0 Å². The van der Waals surface area contributed by atoms with Crippen molar-refractivity contribution in [3.8, 4) is 5.75 Å². The van der Waals surface area contributed by atoms with E-state index in [0.29, 0.717) is 13.2 Å². The van der Waals surface area contributed by atoms with E-state index < -0.39 is 0 Å². The number of ether oxygens (including phenoxy) is 1. The first kappa shape index (κ1) is 11.9. The van der Waals surface area contributed by atoms with Crippen LogP contribution in [0.3, 0.4) is 0 Å². The smallest absolute Gasteiger partial charge is 0.227 e. The van der Waals surface area contributed by atoms with Gasteiger partial charge in [-0.1, -0.05) is 12.5 Å². The van der Waals surface area contributed by atoms with Gasteiger partial charge in [-0.25, -0.2) is 0 Å². The van der Waals surface area contributed by atoms with Gasteiger partial charge < -0.3 is 15.8 Å². The quantitative estimate of drug-likeness (QED) is 0.816. The van der Waals surface area contributed by atoms with E-state index in [2.05, 4.69) is 5.32 Å². The molecule has 92 valence electrons. The van der Waals surface area contributed by atoms with Gasteiger partial charge in [0.1, 0.15) is 12.4 Å². The first-order chi connectivity index (χ1) is 8.29. The van der Waals surface area contributed by atoms with Crippen LogP contribution < -0.4 is 15.8 Å². The van der Waals surface area contributed by atoms with Gasteiger partial charge in [0, 0.05) is 24.2 Å². The highest BCUT2D eigenvalue weighted by Crippen LogP contribution is 2.28. The first-order valence-corrected chi connectivity index (χ1v) is 6.03. The summed E-state index contributed by atoms with van der Waals surface area (Å²) in [4.78, 5) is 11.7. The fourth-order valence-electron chi connectivity index (χ4n) is 1.76. The molecule has 4 heteroatoms. The molecule has 1 aliphatic carbocycles. The molecule has 1 saturated carbocycles. The lowest BCUT2D eigenvalue weighted by Crippen LogP contribution is -2.28. The molecule has 0 unspecified atom stereocenters. The van der Waals surface area contributed by atoms with Gasteiger partial charge in [0.15, 0.2) is 0 Å². The van der Waals surface area contributed by atoms with E-state index >= 15 is 0 Å². The average Bonchev–Trinajstić information content (AvgIpc) is 2.24. The lowest BCUT2D eigenvalue weighted by molar-refractivity contribution is -0.122. The van der Waals surface area contributed by atoms with Gasteiger partial charge in [-0.3, -0.25) is 4.79 Å². The van der Waals surface area contributed by atoms with Gasteiger partial charge in [0.2, 0.25) is 5.91 Å². The topological polar surface area (TPSA) is 64.3 Å². The van der Waals surface area contributed by atoms with Crippen molar-refractivity contribution in [3.63, 3.8) is 0 Å². The molecule has 1 aliphatic rings. The average molecular weight is 234 g/mol. The van der Waals surface area contributed by atoms with Crippen molar-refractivity contribution in [3.05, 3.63) is 24.3 Å². The van der Waals surface area contributed by atoms with Gasteiger partial charge in [-0.2, -0.15) is 0 Å². The Hall–Kier alpha value is -1.55. The molecule has 0 atom stereocenters. The van der Waals surface area contributed by atoms with Gasteiger partial charge in [-0.05, 0) is 25.0 Å². The van der Waals surface area contributed by atoms with E-state index in [1.807, 2.05) is 24.3 Å². The van der Waals surface area contributed by atoms with Gasteiger partial charge >= 0.3 is 0 Å². The number of benzene rings is 1. The Morgan fingerprint density at radius 3 is 2.94 bits per heavy atom. The summed E-state index contributed by atoms with van der Waals surface area (Å²) in [6, 6.07) is 7.41. The Bertz CT molecular complexity index is 389. The highest BCUT2D eigenvalue weighted by molar-refractivity contribution is 5.93. The van der Waals surface area contributed by atoms with Crippen molar-refractivity contribution in [2.45, 2.75) is 19.3 Å². The molecule has 0 heterocycles. The molecular formula is C13H18N2O2. The number of anilines is 1. The van der Waals surface area contributed by atoms with Crippen LogP contribution in [0.4, 0.5) is 5.69 Å². The predicted molar refractivity (Wildman–Crippen MR) is 67.0 cm³/mol. The van der Waals surface area contributed by atoms with Gasteiger partial charge in [0.05, 0.1) is 0 Å². The van der Waals surface area contributed by atoms with Crippen molar-refractivity contribution < 1.29 is 9.53 Å². The molecule has 3 N–H and O–H groups in total. The third-order valence-corrected chi connectivity index (χ3v) is 2.96. The minimum Gasteiger partial charge on any atom is -0.492 e. The van der Waals surface area contributed by atoms with Crippen LogP contribution in [0.1, 0.15) is 19.3 Å². The second kappa shape index (κ2) is 5.68. The Balaban J connectivity index is 1.93. The summed E-state index contributed by atoms with van der Waals surface area (Å²) < 4.78 is 5.40. The van der Waals surface area contributed by atoms with Gasteiger partial charge in [-0.15, -0.1) is 0 Å². The van der Waals surface area contributed by atoms with Gasteiger partial charge in [0.25, 0.3) is 0 Å². The number of nitrogens with two attached hydrogens (primary N) is 1. The summed E-state index contributed by atoms with van der Waals surface area (Å²) in [5.41, 5.74) is 6.15. The van der Waals surface area contributed by atoms with Crippen molar-refractivity contribution >= 4 is 11.6 Å². The molecule has 17 heavy (non-hydrogen) atoms. The number of carbonyl (C=O) groups is 1. The van der Waals surface area contributed by atoms with E-state index in [4.69, 9.17) is 10.5 Å². The highest BCUT2D eigenvalue weighted by atomic mass is 16.5. The van der Waals surface area contributed by atoms with E-state index in [0.717, 1.165) is 30.7 Å². The third-order valence-electron chi connectivity index (χ3n) is 2.96. The zero-order valence-electron chi connectivity index (χ0n) is 9.82. The molecular weight excluding hydrogens is 216 g/mol.